The van der Waals surface area contributed by atoms with Crippen LogP contribution in [0.4, 0.5) is 0 Å². The fraction of sp³-hybridized carbons (Fsp3) is 0.444. The van der Waals surface area contributed by atoms with E-state index in [1.807, 2.05) is 13.0 Å². The van der Waals surface area contributed by atoms with Crippen molar-refractivity contribution in [3.8, 4) is 0 Å². The molecule has 0 saturated carbocycles. The molecule has 0 heterocycles. The second-order valence-corrected chi connectivity index (χ2v) is 5.61. The minimum Gasteiger partial charge on any atom is -0.548 e. The van der Waals surface area contributed by atoms with Crippen molar-refractivity contribution in [1.29, 1.82) is 0 Å². The van der Waals surface area contributed by atoms with Crippen LogP contribution >= 0.6 is 0 Å². The minimum absolute atomic E-state index is 0. The Labute approximate surface area is 164 Å². The molecule has 0 fully saturated rings. The standard InChI is InChI=1S/C18H23NO4.Na/c1-2-3-12-23-18(22)14-10-7-11-15(14)19-16(17(20)21)13-8-5-4-6-9-13;/h4-6,8-9,16,19H,2-3,7,10-12H2,1H3,(H,20,21);/q;+1/p-1/t16-;/m1./s1. The van der Waals surface area contributed by atoms with Crippen molar-refractivity contribution in [2.24, 2.45) is 0 Å². The van der Waals surface area contributed by atoms with Crippen molar-refractivity contribution in [3.05, 3.63) is 47.2 Å². The molecule has 0 bridgehead atoms. The molecule has 0 amide bonds. The van der Waals surface area contributed by atoms with Crippen LogP contribution in [0.3, 0.4) is 0 Å². The van der Waals surface area contributed by atoms with Crippen LogP contribution in [0.2, 0.25) is 0 Å². The van der Waals surface area contributed by atoms with Crippen LogP contribution in [0.1, 0.15) is 50.6 Å². The van der Waals surface area contributed by atoms with Crippen molar-refractivity contribution < 1.29 is 49.0 Å². The molecule has 1 aromatic carbocycles. The summed E-state index contributed by atoms with van der Waals surface area (Å²) in [6.07, 6.45) is 3.86. The number of nitrogens with one attached hydrogen (secondary N) is 1. The van der Waals surface area contributed by atoms with Gasteiger partial charge in [-0.05, 0) is 31.2 Å². The first-order valence-corrected chi connectivity index (χ1v) is 8.05. The van der Waals surface area contributed by atoms with Gasteiger partial charge in [0.25, 0.3) is 0 Å². The van der Waals surface area contributed by atoms with Crippen LogP contribution in [-0.2, 0) is 14.3 Å². The van der Waals surface area contributed by atoms with Crippen molar-refractivity contribution >= 4 is 11.9 Å². The Morgan fingerprint density at radius 1 is 1.25 bits per heavy atom. The zero-order valence-corrected chi connectivity index (χ0v) is 16.3. The van der Waals surface area contributed by atoms with E-state index in [4.69, 9.17) is 4.74 Å². The number of aliphatic carboxylic acids is 1. The van der Waals surface area contributed by atoms with Crippen LogP contribution in [0, 0.1) is 0 Å². The minimum atomic E-state index is -1.21. The number of hydrogen-bond donors (Lipinski definition) is 1. The quantitative estimate of drug-likeness (QED) is 0.368. The van der Waals surface area contributed by atoms with Gasteiger partial charge in [-0.15, -0.1) is 0 Å². The molecule has 0 aromatic heterocycles. The Morgan fingerprint density at radius 3 is 2.58 bits per heavy atom. The average molecular weight is 339 g/mol. The maximum atomic E-state index is 12.1. The van der Waals surface area contributed by atoms with E-state index in [1.54, 1.807) is 24.3 Å². The normalized spacial score (nSPS) is 14.7. The van der Waals surface area contributed by atoms with E-state index >= 15 is 0 Å². The summed E-state index contributed by atoms with van der Waals surface area (Å²) in [5.74, 6) is -1.56. The zero-order chi connectivity index (χ0) is 16.7. The fourth-order valence-corrected chi connectivity index (χ4v) is 2.62. The summed E-state index contributed by atoms with van der Waals surface area (Å²) in [4.78, 5) is 23.6. The van der Waals surface area contributed by atoms with Gasteiger partial charge in [-0.1, -0.05) is 43.7 Å². The summed E-state index contributed by atoms with van der Waals surface area (Å²) >= 11 is 0. The van der Waals surface area contributed by atoms with Gasteiger partial charge in [-0.3, -0.25) is 0 Å². The smallest absolute Gasteiger partial charge is 0.548 e. The number of rotatable bonds is 8. The molecule has 124 valence electrons. The molecule has 1 N–H and O–H groups in total. The molecule has 0 unspecified atom stereocenters. The number of hydrogen-bond acceptors (Lipinski definition) is 5. The number of carboxylic acid groups (broad SMARTS) is 1. The van der Waals surface area contributed by atoms with E-state index in [0.29, 0.717) is 36.3 Å². The molecular weight excluding hydrogens is 317 g/mol. The van der Waals surface area contributed by atoms with Gasteiger partial charge in [0, 0.05) is 5.70 Å². The largest absolute Gasteiger partial charge is 1.00 e. The maximum absolute atomic E-state index is 12.1. The second-order valence-electron chi connectivity index (χ2n) is 5.61. The topological polar surface area (TPSA) is 78.5 Å². The maximum Gasteiger partial charge on any atom is 1.00 e. The van der Waals surface area contributed by atoms with Crippen molar-refractivity contribution in [3.63, 3.8) is 0 Å². The number of allylic oxidation sites excluding steroid dienone is 1. The number of carbonyl (C=O) groups is 2. The van der Waals surface area contributed by atoms with Gasteiger partial charge >= 0.3 is 35.5 Å². The van der Waals surface area contributed by atoms with E-state index in [1.165, 1.54) is 0 Å². The first-order chi connectivity index (χ1) is 11.1. The Bertz CT molecular complexity index is 586. The van der Waals surface area contributed by atoms with Crippen molar-refractivity contribution in [1.82, 2.24) is 5.32 Å². The third-order valence-corrected chi connectivity index (χ3v) is 3.88. The van der Waals surface area contributed by atoms with E-state index < -0.39 is 12.0 Å². The van der Waals surface area contributed by atoms with E-state index in [2.05, 4.69) is 5.32 Å². The molecule has 0 aliphatic heterocycles. The van der Waals surface area contributed by atoms with Crippen LogP contribution < -0.4 is 40.0 Å². The molecule has 0 spiro atoms. The molecule has 1 aliphatic rings. The van der Waals surface area contributed by atoms with Crippen LogP contribution in [-0.4, -0.2) is 18.5 Å². The summed E-state index contributed by atoms with van der Waals surface area (Å²) < 4.78 is 5.24. The molecule has 6 heteroatoms. The number of ether oxygens (including phenoxy) is 1. The number of unbranched alkanes of at least 4 members (excludes halogenated alkanes) is 1. The van der Waals surface area contributed by atoms with Gasteiger partial charge in [0.1, 0.15) is 0 Å². The first-order valence-electron chi connectivity index (χ1n) is 8.05. The Kier molecular flexibility index (Phi) is 9.11. The van der Waals surface area contributed by atoms with E-state index in [0.717, 1.165) is 19.3 Å². The van der Waals surface area contributed by atoms with E-state index in [-0.39, 0.29) is 35.5 Å². The Hall–Kier alpha value is -1.30. The van der Waals surface area contributed by atoms with Gasteiger partial charge in [-0.25, -0.2) is 4.79 Å². The summed E-state index contributed by atoms with van der Waals surface area (Å²) in [6, 6.07) is 7.85. The van der Waals surface area contributed by atoms with Gasteiger partial charge in [0.05, 0.1) is 24.2 Å². The van der Waals surface area contributed by atoms with Gasteiger partial charge in [0.15, 0.2) is 0 Å². The summed E-state index contributed by atoms with van der Waals surface area (Å²) in [5, 5.41) is 14.4. The van der Waals surface area contributed by atoms with Crippen molar-refractivity contribution in [2.75, 3.05) is 6.61 Å². The molecular formula is C18H22NNaO4. The third kappa shape index (κ3) is 5.65. The molecule has 5 nitrogen and oxygen atoms in total. The summed E-state index contributed by atoms with van der Waals surface area (Å²) in [7, 11) is 0. The van der Waals surface area contributed by atoms with Crippen LogP contribution in [0.15, 0.2) is 41.6 Å². The molecule has 1 atom stereocenters. The Morgan fingerprint density at radius 2 is 1.96 bits per heavy atom. The summed E-state index contributed by atoms with van der Waals surface area (Å²) in [5.41, 5.74) is 1.82. The van der Waals surface area contributed by atoms with Gasteiger partial charge in [0.2, 0.25) is 0 Å². The first kappa shape index (κ1) is 20.7. The fourth-order valence-electron chi connectivity index (χ4n) is 2.62. The number of carboxylic acids is 1. The summed E-state index contributed by atoms with van der Waals surface area (Å²) in [6.45, 7) is 2.43. The zero-order valence-electron chi connectivity index (χ0n) is 14.3. The van der Waals surface area contributed by atoms with Crippen LogP contribution in [0.5, 0.6) is 0 Å². The van der Waals surface area contributed by atoms with Gasteiger partial charge < -0.3 is 20.0 Å². The molecule has 1 aromatic rings. The third-order valence-electron chi connectivity index (χ3n) is 3.88. The average Bonchev–Trinajstić information content (AvgIpc) is 3.01. The molecule has 0 radical (unpaired) electrons. The monoisotopic (exact) mass is 339 g/mol. The second kappa shape index (κ2) is 10.5. The molecule has 24 heavy (non-hydrogen) atoms. The SMILES string of the molecule is CCCCOC(=O)C1=C(N[C@@H](C(=O)[O-])c2ccccc2)CCC1.[Na+]. The molecule has 1 aliphatic carbocycles. The number of carbonyl (C=O) groups excluding carboxylic acids is 2. The molecule has 2 rings (SSSR count). The number of benzene rings is 1. The molecule has 0 saturated heterocycles. The predicted molar refractivity (Wildman–Crippen MR) is 84.1 cm³/mol. The predicted octanol–water partition coefficient (Wildman–Crippen LogP) is -1.15. The Balaban J connectivity index is 0.00000288. The van der Waals surface area contributed by atoms with Gasteiger partial charge in [-0.2, -0.15) is 0 Å². The number of esters is 1. The van der Waals surface area contributed by atoms with Crippen molar-refractivity contribution in [2.45, 2.75) is 45.1 Å². The van der Waals surface area contributed by atoms with Crippen LogP contribution in [0.25, 0.3) is 0 Å². The van der Waals surface area contributed by atoms with E-state index in [9.17, 15) is 14.7 Å².